The Balaban J connectivity index is 2.14. The van der Waals surface area contributed by atoms with Gasteiger partial charge in [-0.3, -0.25) is 0 Å². The second-order valence-corrected chi connectivity index (χ2v) is 4.51. The number of hydrogen-bond donors (Lipinski definition) is 2. The number of nitrogens with zero attached hydrogens (tertiary/aromatic N) is 3. The summed E-state index contributed by atoms with van der Waals surface area (Å²) >= 11 is 0. The van der Waals surface area contributed by atoms with E-state index in [9.17, 15) is 4.79 Å². The fraction of sp³-hybridized carbons (Fsp3) is 0.417. The number of fused-ring (bicyclic) bond motifs is 1. The minimum atomic E-state index is -1.02. The normalized spacial score (nSPS) is 14.9. The number of carboxylic acid groups (broad SMARTS) is 1. The van der Waals surface area contributed by atoms with E-state index in [1.165, 1.54) is 0 Å². The molecule has 6 heteroatoms. The summed E-state index contributed by atoms with van der Waals surface area (Å²) in [6.45, 7) is 2.01. The van der Waals surface area contributed by atoms with Crippen molar-refractivity contribution in [2.75, 3.05) is 5.32 Å². The number of aromatic nitrogens is 3. The Labute approximate surface area is 104 Å². The molecule has 18 heavy (non-hydrogen) atoms. The molecule has 2 aromatic heterocycles. The van der Waals surface area contributed by atoms with Gasteiger partial charge in [-0.15, -0.1) is 0 Å². The summed E-state index contributed by atoms with van der Waals surface area (Å²) in [6, 6.07) is 3.80. The molecule has 1 saturated carbocycles. The van der Waals surface area contributed by atoms with E-state index < -0.39 is 5.97 Å². The van der Waals surface area contributed by atoms with Gasteiger partial charge in [-0.25, -0.2) is 9.78 Å². The van der Waals surface area contributed by atoms with Crippen molar-refractivity contribution >= 4 is 17.4 Å². The van der Waals surface area contributed by atoms with Crippen LogP contribution in [-0.4, -0.2) is 31.7 Å². The molecule has 2 aromatic rings. The Morgan fingerprint density at radius 1 is 1.56 bits per heavy atom. The molecule has 0 aliphatic heterocycles. The van der Waals surface area contributed by atoms with Crippen molar-refractivity contribution < 1.29 is 9.90 Å². The average Bonchev–Trinajstić information content (AvgIpc) is 3.05. The number of nitrogens with one attached hydrogen (secondary N) is 1. The Morgan fingerprint density at radius 2 is 2.33 bits per heavy atom. The van der Waals surface area contributed by atoms with E-state index in [4.69, 9.17) is 5.11 Å². The molecule has 1 aliphatic rings. The van der Waals surface area contributed by atoms with Crippen molar-refractivity contribution in [3.63, 3.8) is 0 Å². The van der Waals surface area contributed by atoms with E-state index >= 15 is 0 Å². The van der Waals surface area contributed by atoms with Gasteiger partial charge in [0.05, 0.1) is 5.69 Å². The van der Waals surface area contributed by atoms with Crippen molar-refractivity contribution in [3.8, 4) is 0 Å². The van der Waals surface area contributed by atoms with Gasteiger partial charge in [-0.2, -0.15) is 9.61 Å². The molecule has 2 N–H and O–H groups in total. The topological polar surface area (TPSA) is 79.5 Å². The van der Waals surface area contributed by atoms with Gasteiger partial charge in [0.25, 0.3) is 0 Å². The predicted octanol–water partition coefficient (Wildman–Crippen LogP) is 1.56. The van der Waals surface area contributed by atoms with Crippen LogP contribution in [0.25, 0.3) is 5.65 Å². The second kappa shape index (κ2) is 3.97. The van der Waals surface area contributed by atoms with Crippen LogP contribution in [0, 0.1) is 0 Å². The predicted molar refractivity (Wildman–Crippen MR) is 66.0 cm³/mol. The van der Waals surface area contributed by atoms with Crippen LogP contribution < -0.4 is 5.32 Å². The summed E-state index contributed by atoms with van der Waals surface area (Å²) in [5.74, 6) is -0.310. The van der Waals surface area contributed by atoms with Crippen LogP contribution in [0.5, 0.6) is 0 Å². The lowest BCUT2D eigenvalue weighted by molar-refractivity contribution is 0.0690. The Kier molecular flexibility index (Phi) is 2.43. The lowest BCUT2D eigenvalue weighted by Gasteiger charge is -2.07. The van der Waals surface area contributed by atoms with Crippen LogP contribution in [0.1, 0.15) is 35.9 Å². The maximum Gasteiger partial charge on any atom is 0.354 e. The molecule has 0 radical (unpaired) electrons. The molecule has 0 unspecified atom stereocenters. The lowest BCUT2D eigenvalue weighted by Crippen LogP contribution is -2.11. The van der Waals surface area contributed by atoms with E-state index in [0.29, 0.717) is 17.5 Å². The SMILES string of the molecule is CCc1cc2nc(C(=O)O)cc(NC3CC3)n2n1. The second-order valence-electron chi connectivity index (χ2n) is 4.51. The van der Waals surface area contributed by atoms with Gasteiger partial charge in [-0.1, -0.05) is 6.92 Å². The van der Waals surface area contributed by atoms with Crippen LogP contribution >= 0.6 is 0 Å². The summed E-state index contributed by atoms with van der Waals surface area (Å²) in [6.07, 6.45) is 3.04. The summed E-state index contributed by atoms with van der Waals surface area (Å²) in [5.41, 5.74) is 1.53. The van der Waals surface area contributed by atoms with Crippen molar-refractivity contribution in [1.29, 1.82) is 0 Å². The number of aromatic carboxylic acids is 1. The third-order valence-corrected chi connectivity index (χ3v) is 2.99. The quantitative estimate of drug-likeness (QED) is 0.855. The van der Waals surface area contributed by atoms with Crippen molar-refractivity contribution in [2.45, 2.75) is 32.2 Å². The minimum Gasteiger partial charge on any atom is -0.477 e. The maximum atomic E-state index is 11.1. The number of aryl methyl sites for hydroxylation is 1. The number of anilines is 1. The van der Waals surface area contributed by atoms with Crippen molar-refractivity contribution in [1.82, 2.24) is 14.6 Å². The zero-order valence-electron chi connectivity index (χ0n) is 10.1. The fourth-order valence-electron chi connectivity index (χ4n) is 1.84. The van der Waals surface area contributed by atoms with Crippen molar-refractivity contribution in [2.24, 2.45) is 0 Å². The first-order chi connectivity index (χ1) is 8.67. The molecule has 0 amide bonds. The summed E-state index contributed by atoms with van der Waals surface area (Å²) in [7, 11) is 0. The molecule has 94 valence electrons. The maximum absolute atomic E-state index is 11.1. The number of carbonyl (C=O) groups is 1. The molecule has 0 spiro atoms. The monoisotopic (exact) mass is 246 g/mol. The minimum absolute atomic E-state index is 0.0493. The van der Waals surface area contributed by atoms with Crippen LogP contribution in [-0.2, 0) is 6.42 Å². The molecule has 2 heterocycles. The molecule has 6 nitrogen and oxygen atoms in total. The first-order valence-electron chi connectivity index (χ1n) is 6.07. The highest BCUT2D eigenvalue weighted by Gasteiger charge is 2.23. The first kappa shape index (κ1) is 11.0. The Bertz CT molecular complexity index is 616. The zero-order chi connectivity index (χ0) is 12.7. The third kappa shape index (κ3) is 1.90. The van der Waals surface area contributed by atoms with E-state index in [1.807, 2.05) is 13.0 Å². The number of rotatable bonds is 4. The van der Waals surface area contributed by atoms with Crippen LogP contribution in [0.4, 0.5) is 5.82 Å². The Morgan fingerprint density at radius 3 is 2.94 bits per heavy atom. The van der Waals surface area contributed by atoms with Gasteiger partial charge in [0.2, 0.25) is 0 Å². The van der Waals surface area contributed by atoms with Gasteiger partial charge in [0, 0.05) is 18.2 Å². The highest BCUT2D eigenvalue weighted by atomic mass is 16.4. The van der Waals surface area contributed by atoms with E-state index in [2.05, 4.69) is 15.4 Å². The Hall–Kier alpha value is -2.11. The van der Waals surface area contributed by atoms with Gasteiger partial charge in [0.1, 0.15) is 5.82 Å². The van der Waals surface area contributed by atoms with Crippen LogP contribution in [0.15, 0.2) is 12.1 Å². The average molecular weight is 246 g/mol. The number of hydrogen-bond acceptors (Lipinski definition) is 4. The molecule has 0 saturated heterocycles. The molecule has 0 bridgehead atoms. The van der Waals surface area contributed by atoms with Crippen LogP contribution in [0.3, 0.4) is 0 Å². The largest absolute Gasteiger partial charge is 0.477 e. The molecule has 0 atom stereocenters. The van der Waals surface area contributed by atoms with Crippen molar-refractivity contribution in [3.05, 3.63) is 23.5 Å². The fourth-order valence-corrected chi connectivity index (χ4v) is 1.84. The van der Waals surface area contributed by atoms with E-state index in [0.717, 1.165) is 25.0 Å². The van der Waals surface area contributed by atoms with E-state index in [1.54, 1.807) is 10.6 Å². The van der Waals surface area contributed by atoms with Gasteiger partial charge < -0.3 is 10.4 Å². The summed E-state index contributed by atoms with van der Waals surface area (Å²) in [4.78, 5) is 15.1. The third-order valence-electron chi connectivity index (χ3n) is 2.99. The summed E-state index contributed by atoms with van der Waals surface area (Å²) < 4.78 is 1.68. The highest BCUT2D eigenvalue weighted by Crippen LogP contribution is 2.25. The lowest BCUT2D eigenvalue weighted by atomic mass is 10.3. The molecule has 1 aliphatic carbocycles. The number of carboxylic acids is 1. The molecule has 3 rings (SSSR count). The molecular formula is C12H14N4O2. The smallest absolute Gasteiger partial charge is 0.354 e. The zero-order valence-corrected chi connectivity index (χ0v) is 10.1. The van der Waals surface area contributed by atoms with Gasteiger partial charge in [-0.05, 0) is 19.3 Å². The summed E-state index contributed by atoms with van der Waals surface area (Å²) in [5, 5.41) is 16.8. The molecule has 1 fully saturated rings. The molecular weight excluding hydrogens is 232 g/mol. The molecule has 0 aromatic carbocycles. The van der Waals surface area contributed by atoms with Crippen LogP contribution in [0.2, 0.25) is 0 Å². The van der Waals surface area contributed by atoms with Gasteiger partial charge >= 0.3 is 5.97 Å². The van der Waals surface area contributed by atoms with Gasteiger partial charge in [0.15, 0.2) is 11.3 Å². The van der Waals surface area contributed by atoms with E-state index in [-0.39, 0.29) is 5.69 Å². The standard InChI is InChI=1S/C12H14N4O2/c1-2-7-5-10-14-9(12(17)18)6-11(16(10)15-7)13-8-3-4-8/h5-6,8,13H,2-4H2,1H3,(H,17,18). The highest BCUT2D eigenvalue weighted by molar-refractivity contribution is 5.87. The first-order valence-corrected chi connectivity index (χ1v) is 6.07.